The fourth-order valence-corrected chi connectivity index (χ4v) is 4.44. The number of rotatable bonds is 11. The summed E-state index contributed by atoms with van der Waals surface area (Å²) < 4.78 is 17.3. The molecule has 0 aromatic heterocycles. The molecule has 0 bridgehead atoms. The van der Waals surface area contributed by atoms with Crippen molar-refractivity contribution in [1.82, 2.24) is 0 Å². The quantitative estimate of drug-likeness (QED) is 0.251. The molecule has 0 fully saturated rings. The van der Waals surface area contributed by atoms with Gasteiger partial charge in [0.05, 0.1) is 13.2 Å². The van der Waals surface area contributed by atoms with Crippen LogP contribution in [0.1, 0.15) is 34.1 Å². The molecule has 18 heavy (non-hydrogen) atoms. The molecule has 0 saturated heterocycles. The van der Waals surface area contributed by atoms with E-state index in [1.54, 1.807) is 0 Å². The van der Waals surface area contributed by atoms with E-state index in [-0.39, 0.29) is 0 Å². The summed E-state index contributed by atoms with van der Waals surface area (Å²) in [4.78, 5) is 13.5. The highest BCUT2D eigenvalue weighted by atomic mass is 28.4. The number of hydrogen-bond acceptors (Lipinski definition) is 5. The van der Waals surface area contributed by atoms with Gasteiger partial charge in [0.25, 0.3) is 0 Å². The summed E-state index contributed by atoms with van der Waals surface area (Å²) in [6, 6.07) is 0.803. The molecule has 0 aromatic rings. The molecule has 0 radical (unpaired) electrons. The van der Waals surface area contributed by atoms with Crippen LogP contribution in [-0.4, -0.2) is 41.2 Å². The fourth-order valence-electron chi connectivity index (χ4n) is 1.54. The lowest BCUT2D eigenvalue weighted by molar-refractivity contribution is 0.0681. The average molecular weight is 275 g/mol. The van der Waals surface area contributed by atoms with Crippen molar-refractivity contribution in [2.45, 2.75) is 40.2 Å². The van der Waals surface area contributed by atoms with Gasteiger partial charge in [0.1, 0.15) is 0 Å². The zero-order valence-corrected chi connectivity index (χ0v) is 12.9. The number of hydrogen-bond donors (Lipinski definition) is 0. The molecule has 0 aromatic carbocycles. The van der Waals surface area contributed by atoms with E-state index in [1.165, 1.54) is 6.08 Å². The number of carbonyl (C=O) groups excluding carboxylic acids is 1. The van der Waals surface area contributed by atoms with Gasteiger partial charge in [-0.3, -0.25) is 0 Å². The molecular weight excluding hydrogens is 250 g/mol. The van der Waals surface area contributed by atoms with Gasteiger partial charge in [0.15, 0.2) is 0 Å². The molecule has 0 amide bonds. The van der Waals surface area contributed by atoms with Crippen LogP contribution in [-0.2, 0) is 18.1 Å². The summed E-state index contributed by atoms with van der Waals surface area (Å²) in [5.74, 6) is 0.578. The molecule has 0 atom stereocenters. The van der Waals surface area contributed by atoms with Crippen molar-refractivity contribution < 1.29 is 18.1 Å². The first-order valence-electron chi connectivity index (χ1n) is 6.55. The third kappa shape index (κ3) is 7.74. The van der Waals surface area contributed by atoms with Crippen LogP contribution < -0.4 is 0 Å². The molecule has 0 N–H and O–H groups in total. The van der Waals surface area contributed by atoms with Crippen molar-refractivity contribution in [2.24, 2.45) is 10.9 Å². The van der Waals surface area contributed by atoms with Crippen molar-refractivity contribution in [3.8, 4) is 0 Å². The monoisotopic (exact) mass is 275 g/mol. The average Bonchev–Trinajstić information content (AvgIpc) is 2.33. The van der Waals surface area contributed by atoms with E-state index >= 15 is 0 Å². The molecule has 106 valence electrons. The molecule has 0 heterocycles. The predicted octanol–water partition coefficient (Wildman–Crippen LogP) is 2.40. The Morgan fingerprint density at radius 2 is 1.78 bits per heavy atom. The predicted molar refractivity (Wildman–Crippen MR) is 72.2 cm³/mol. The van der Waals surface area contributed by atoms with Gasteiger partial charge < -0.3 is 13.3 Å². The number of aliphatic imine (C=N–C) groups is 1. The zero-order valence-electron chi connectivity index (χ0n) is 11.9. The van der Waals surface area contributed by atoms with E-state index < -0.39 is 8.80 Å². The molecule has 0 saturated carbocycles. The highest BCUT2D eigenvalue weighted by molar-refractivity contribution is 6.60. The van der Waals surface area contributed by atoms with E-state index in [0.29, 0.717) is 32.3 Å². The Bertz CT molecular complexity index is 248. The van der Waals surface area contributed by atoms with Gasteiger partial charge in [0, 0.05) is 19.3 Å². The van der Waals surface area contributed by atoms with Crippen LogP contribution in [0.5, 0.6) is 0 Å². The first-order chi connectivity index (χ1) is 8.60. The lowest BCUT2D eigenvalue weighted by atomic mass is 10.2. The summed E-state index contributed by atoms with van der Waals surface area (Å²) in [6.07, 6.45) is 2.50. The van der Waals surface area contributed by atoms with Crippen LogP contribution in [0.25, 0.3) is 0 Å². The fraction of sp³-hybridized carbons (Fsp3) is 0.917. The second kappa shape index (κ2) is 10.4. The first kappa shape index (κ1) is 17.5. The van der Waals surface area contributed by atoms with E-state index in [0.717, 1.165) is 12.5 Å². The van der Waals surface area contributed by atoms with Crippen LogP contribution >= 0.6 is 0 Å². The summed E-state index contributed by atoms with van der Waals surface area (Å²) in [6.45, 7) is 9.98. The Hall–Kier alpha value is -0.523. The molecule has 6 heteroatoms. The highest BCUT2D eigenvalue weighted by Crippen LogP contribution is 2.21. The van der Waals surface area contributed by atoms with Crippen molar-refractivity contribution in [3.05, 3.63) is 0 Å². The number of nitrogens with zero attached hydrogens (tertiary/aromatic N) is 1. The minimum atomic E-state index is -2.60. The molecule has 5 nitrogen and oxygen atoms in total. The normalized spacial score (nSPS) is 11.6. The van der Waals surface area contributed by atoms with E-state index in [1.807, 2.05) is 13.8 Å². The van der Waals surface area contributed by atoms with Crippen molar-refractivity contribution in [3.63, 3.8) is 0 Å². The maximum atomic E-state index is 10.00. The molecule has 0 aliphatic carbocycles. The second-order valence-corrected chi connectivity index (χ2v) is 7.04. The van der Waals surface area contributed by atoms with Crippen molar-refractivity contribution in [1.29, 1.82) is 0 Å². The molecule has 0 spiro atoms. The molecular formula is C12H25NO4Si. The minimum Gasteiger partial charge on any atom is -0.374 e. The lowest BCUT2D eigenvalue weighted by Crippen LogP contribution is -2.46. The second-order valence-electron chi connectivity index (χ2n) is 4.30. The summed E-state index contributed by atoms with van der Waals surface area (Å²) >= 11 is 0. The topological polar surface area (TPSA) is 57.1 Å². The lowest BCUT2D eigenvalue weighted by Gasteiger charge is -2.29. The standard InChI is InChI=1S/C12H25NO4Si/c1-5-15-18(16-6-2,10-7-12(3)4)17-9-8-13-11-14/h12H,5-10H2,1-4H3. The highest BCUT2D eigenvalue weighted by Gasteiger charge is 2.40. The van der Waals surface area contributed by atoms with Crippen LogP contribution in [0, 0.1) is 5.92 Å². The van der Waals surface area contributed by atoms with Crippen molar-refractivity contribution >= 4 is 14.9 Å². The number of isocyanates is 1. The van der Waals surface area contributed by atoms with Crippen LogP contribution in [0.15, 0.2) is 4.99 Å². The Kier molecular flexibility index (Phi) is 10.1. The molecule has 0 rings (SSSR count). The maximum absolute atomic E-state index is 10.00. The summed E-state index contributed by atoms with van der Waals surface area (Å²) in [7, 11) is -2.60. The molecule has 0 aliphatic rings. The van der Waals surface area contributed by atoms with E-state index in [4.69, 9.17) is 13.3 Å². The Morgan fingerprint density at radius 3 is 2.22 bits per heavy atom. The smallest absolute Gasteiger partial charge is 0.374 e. The minimum absolute atomic E-state index is 0.306. The Balaban J connectivity index is 4.45. The molecule has 0 unspecified atom stereocenters. The SMILES string of the molecule is CCO[Si](CCC(C)C)(OCC)OCCN=C=O. The first-order valence-corrected chi connectivity index (χ1v) is 8.48. The summed E-state index contributed by atoms with van der Waals surface area (Å²) in [5, 5.41) is 0. The van der Waals surface area contributed by atoms with Gasteiger partial charge in [-0.15, -0.1) is 0 Å². The van der Waals surface area contributed by atoms with E-state index in [2.05, 4.69) is 18.8 Å². The van der Waals surface area contributed by atoms with Crippen LogP contribution in [0.3, 0.4) is 0 Å². The van der Waals surface area contributed by atoms with Crippen LogP contribution in [0.4, 0.5) is 0 Å². The van der Waals surface area contributed by atoms with Gasteiger partial charge in [-0.1, -0.05) is 13.8 Å². The molecule has 0 aliphatic heterocycles. The van der Waals surface area contributed by atoms with Gasteiger partial charge in [-0.2, -0.15) is 0 Å². The van der Waals surface area contributed by atoms with Crippen LogP contribution in [0.2, 0.25) is 6.04 Å². The van der Waals surface area contributed by atoms with Gasteiger partial charge in [-0.05, 0) is 26.2 Å². The Morgan fingerprint density at radius 1 is 1.17 bits per heavy atom. The zero-order chi connectivity index (χ0) is 13.9. The third-order valence-electron chi connectivity index (χ3n) is 2.35. The van der Waals surface area contributed by atoms with Crippen molar-refractivity contribution in [2.75, 3.05) is 26.4 Å². The van der Waals surface area contributed by atoms with Gasteiger partial charge in [0.2, 0.25) is 6.08 Å². The Labute approximate surface area is 111 Å². The largest absolute Gasteiger partial charge is 0.501 e. The van der Waals surface area contributed by atoms with Gasteiger partial charge in [-0.25, -0.2) is 9.79 Å². The maximum Gasteiger partial charge on any atom is 0.501 e. The van der Waals surface area contributed by atoms with E-state index in [9.17, 15) is 4.79 Å². The summed E-state index contributed by atoms with van der Waals surface area (Å²) in [5.41, 5.74) is 0. The third-order valence-corrected chi connectivity index (χ3v) is 5.35. The van der Waals surface area contributed by atoms with Gasteiger partial charge >= 0.3 is 8.80 Å².